The van der Waals surface area contributed by atoms with E-state index in [2.05, 4.69) is 29.3 Å². The van der Waals surface area contributed by atoms with Gasteiger partial charge in [0.05, 0.1) is 12.8 Å². The highest BCUT2D eigenvalue weighted by Crippen LogP contribution is 2.13. The van der Waals surface area contributed by atoms with Crippen LogP contribution in [0.2, 0.25) is 0 Å². The molecule has 0 bridgehead atoms. The summed E-state index contributed by atoms with van der Waals surface area (Å²) in [5.41, 5.74) is 8.08. The fourth-order valence-electron chi connectivity index (χ4n) is 2.64. The van der Waals surface area contributed by atoms with Gasteiger partial charge in [0.2, 0.25) is 0 Å². The van der Waals surface area contributed by atoms with Crippen LogP contribution in [-0.4, -0.2) is 18.0 Å². The molecule has 28 heavy (non-hydrogen) atoms. The summed E-state index contributed by atoms with van der Waals surface area (Å²) in [5.74, 6) is 1.68. The first-order chi connectivity index (χ1) is 13.8. The zero-order chi connectivity index (χ0) is 19.9. The third kappa shape index (κ3) is 9.60. The molecule has 2 N–H and O–H groups in total. The maximum absolute atomic E-state index is 5.90. The summed E-state index contributed by atoms with van der Waals surface area (Å²) >= 11 is 1.48. The van der Waals surface area contributed by atoms with E-state index in [-0.39, 0.29) is 0 Å². The Morgan fingerprint density at radius 2 is 1.68 bits per heavy atom. The van der Waals surface area contributed by atoms with E-state index in [0.29, 0.717) is 5.17 Å². The molecule has 0 fully saturated rings. The third-order valence-corrected chi connectivity index (χ3v) is 5.09. The van der Waals surface area contributed by atoms with Gasteiger partial charge in [0.15, 0.2) is 5.17 Å². The Balaban J connectivity index is 1.66. The molecule has 0 aliphatic carbocycles. The minimum atomic E-state index is 0.457. The summed E-state index contributed by atoms with van der Waals surface area (Å²) in [6.07, 6.45) is 9.32. The lowest BCUT2D eigenvalue weighted by Crippen LogP contribution is -2.05. The molecule has 0 aliphatic heterocycles. The second kappa shape index (κ2) is 13.8. The molecule has 0 amide bonds. The van der Waals surface area contributed by atoms with Gasteiger partial charge in [0.1, 0.15) is 5.75 Å². The molecule has 0 atom stereocenters. The van der Waals surface area contributed by atoms with Gasteiger partial charge in [-0.3, -0.25) is 0 Å². The zero-order valence-electron chi connectivity index (χ0n) is 16.7. The molecule has 0 heterocycles. The van der Waals surface area contributed by atoms with Crippen LogP contribution in [-0.2, 0) is 5.75 Å². The van der Waals surface area contributed by atoms with Crippen LogP contribution in [0.5, 0.6) is 5.75 Å². The highest BCUT2D eigenvalue weighted by atomic mass is 32.2. The fraction of sp³-hybridized carbons (Fsp3) is 0.391. The Hall–Kier alpha value is -2.27. The molecule has 2 aromatic carbocycles. The SMILES string of the molecule is CCCCCCCCOc1ccc(C=NN=C(N)SCc2ccccc2)cc1. The van der Waals surface area contributed by atoms with Crippen molar-refractivity contribution in [3.63, 3.8) is 0 Å². The molecular formula is C23H31N3OS. The summed E-state index contributed by atoms with van der Waals surface area (Å²) < 4.78 is 5.79. The standard InChI is InChI=1S/C23H31N3OS/c1-2-3-4-5-6-10-17-27-22-15-13-20(14-16-22)18-25-26-23(24)28-19-21-11-8-7-9-12-21/h7-9,11-16,18H,2-6,10,17,19H2,1H3,(H2,24,26). The molecule has 5 heteroatoms. The molecule has 0 radical (unpaired) electrons. The smallest absolute Gasteiger partial charge is 0.180 e. The van der Waals surface area contributed by atoms with Crippen molar-refractivity contribution in [3.05, 3.63) is 65.7 Å². The number of unbranched alkanes of at least 4 members (excludes halogenated alkanes) is 5. The van der Waals surface area contributed by atoms with Gasteiger partial charge in [-0.15, -0.1) is 5.10 Å². The van der Waals surface area contributed by atoms with E-state index in [0.717, 1.165) is 30.1 Å². The van der Waals surface area contributed by atoms with Gasteiger partial charge in [-0.1, -0.05) is 81.1 Å². The van der Waals surface area contributed by atoms with Gasteiger partial charge in [0, 0.05) is 5.75 Å². The molecule has 2 aromatic rings. The molecule has 0 saturated heterocycles. The summed E-state index contributed by atoms with van der Waals surface area (Å²) in [6, 6.07) is 18.1. The second-order valence-corrected chi connectivity index (χ2v) is 7.64. The molecule has 2 rings (SSSR count). The maximum atomic E-state index is 5.90. The van der Waals surface area contributed by atoms with Crippen LogP contribution < -0.4 is 10.5 Å². The highest BCUT2D eigenvalue weighted by molar-refractivity contribution is 8.13. The molecule has 0 saturated carbocycles. The summed E-state index contributed by atoms with van der Waals surface area (Å²) in [5, 5.41) is 8.57. The molecule has 0 unspecified atom stereocenters. The first kappa shape index (κ1) is 22.0. The van der Waals surface area contributed by atoms with E-state index < -0.39 is 0 Å². The van der Waals surface area contributed by atoms with Crippen molar-refractivity contribution in [1.29, 1.82) is 0 Å². The number of thioether (sulfide) groups is 1. The van der Waals surface area contributed by atoms with E-state index in [1.807, 2.05) is 42.5 Å². The summed E-state index contributed by atoms with van der Waals surface area (Å²) in [4.78, 5) is 0. The van der Waals surface area contributed by atoms with Crippen LogP contribution in [0.15, 0.2) is 64.8 Å². The molecule has 0 aromatic heterocycles. The average molecular weight is 398 g/mol. The Morgan fingerprint density at radius 3 is 2.43 bits per heavy atom. The largest absolute Gasteiger partial charge is 0.494 e. The highest BCUT2D eigenvalue weighted by Gasteiger charge is 1.97. The first-order valence-electron chi connectivity index (χ1n) is 10.0. The quantitative estimate of drug-likeness (QED) is 0.206. The van der Waals surface area contributed by atoms with Crippen molar-refractivity contribution in [2.24, 2.45) is 15.9 Å². The van der Waals surface area contributed by atoms with Crippen molar-refractivity contribution >= 4 is 23.1 Å². The number of ether oxygens (including phenoxy) is 1. The van der Waals surface area contributed by atoms with Crippen molar-refractivity contribution in [2.45, 2.75) is 51.2 Å². The van der Waals surface area contributed by atoms with Crippen molar-refractivity contribution in [3.8, 4) is 5.75 Å². The van der Waals surface area contributed by atoms with Crippen LogP contribution in [0.25, 0.3) is 0 Å². The molecular weight excluding hydrogens is 366 g/mol. The average Bonchev–Trinajstić information content (AvgIpc) is 2.73. The summed E-state index contributed by atoms with van der Waals surface area (Å²) in [7, 11) is 0. The number of amidine groups is 1. The van der Waals surface area contributed by atoms with E-state index >= 15 is 0 Å². The van der Waals surface area contributed by atoms with Crippen molar-refractivity contribution in [1.82, 2.24) is 0 Å². The van der Waals surface area contributed by atoms with Crippen LogP contribution >= 0.6 is 11.8 Å². The lowest BCUT2D eigenvalue weighted by Gasteiger charge is -2.06. The summed E-state index contributed by atoms with van der Waals surface area (Å²) in [6.45, 7) is 3.02. The predicted octanol–water partition coefficient (Wildman–Crippen LogP) is 6.01. The van der Waals surface area contributed by atoms with Crippen LogP contribution in [0.3, 0.4) is 0 Å². The monoisotopic (exact) mass is 397 g/mol. The minimum Gasteiger partial charge on any atom is -0.494 e. The Kier molecular flexibility index (Phi) is 10.9. The molecule has 4 nitrogen and oxygen atoms in total. The molecule has 0 aliphatic rings. The Labute approximate surface area is 173 Å². The van der Waals surface area contributed by atoms with Gasteiger partial charge < -0.3 is 10.5 Å². The number of rotatable bonds is 12. The van der Waals surface area contributed by atoms with E-state index in [9.17, 15) is 0 Å². The van der Waals surface area contributed by atoms with Crippen LogP contribution in [0.1, 0.15) is 56.6 Å². The van der Waals surface area contributed by atoms with E-state index in [1.165, 1.54) is 49.4 Å². The normalized spacial score (nSPS) is 11.8. The minimum absolute atomic E-state index is 0.457. The molecule has 150 valence electrons. The van der Waals surface area contributed by atoms with Crippen molar-refractivity contribution < 1.29 is 4.74 Å². The van der Waals surface area contributed by atoms with Gasteiger partial charge in [-0.25, -0.2) is 0 Å². The lowest BCUT2D eigenvalue weighted by atomic mass is 10.1. The zero-order valence-corrected chi connectivity index (χ0v) is 17.5. The van der Waals surface area contributed by atoms with Gasteiger partial charge in [-0.2, -0.15) is 5.10 Å². The topological polar surface area (TPSA) is 60.0 Å². The van der Waals surface area contributed by atoms with Gasteiger partial charge in [0.25, 0.3) is 0 Å². The number of hydrogen-bond acceptors (Lipinski definition) is 4. The van der Waals surface area contributed by atoms with E-state index in [4.69, 9.17) is 10.5 Å². The Bertz CT molecular complexity index is 714. The van der Waals surface area contributed by atoms with E-state index in [1.54, 1.807) is 6.21 Å². The number of nitrogens with zero attached hydrogens (tertiary/aromatic N) is 2. The van der Waals surface area contributed by atoms with Gasteiger partial charge in [-0.05, 0) is 41.8 Å². The maximum Gasteiger partial charge on any atom is 0.180 e. The van der Waals surface area contributed by atoms with Gasteiger partial charge >= 0.3 is 0 Å². The third-order valence-electron chi connectivity index (χ3n) is 4.24. The Morgan fingerprint density at radius 1 is 0.964 bits per heavy atom. The fourth-order valence-corrected chi connectivity index (χ4v) is 3.25. The molecule has 0 spiro atoms. The van der Waals surface area contributed by atoms with Crippen molar-refractivity contribution in [2.75, 3.05) is 6.61 Å². The first-order valence-corrected chi connectivity index (χ1v) is 11.0. The van der Waals surface area contributed by atoms with Crippen LogP contribution in [0, 0.1) is 0 Å². The number of nitrogens with two attached hydrogens (primary N) is 1. The predicted molar refractivity (Wildman–Crippen MR) is 122 cm³/mol. The number of hydrogen-bond donors (Lipinski definition) is 1. The lowest BCUT2D eigenvalue weighted by molar-refractivity contribution is 0.304. The second-order valence-electron chi connectivity index (χ2n) is 6.64. The van der Waals surface area contributed by atoms with Crippen LogP contribution in [0.4, 0.5) is 0 Å². The number of benzene rings is 2.